The van der Waals surface area contributed by atoms with Gasteiger partial charge < -0.3 is 15.2 Å². The van der Waals surface area contributed by atoms with E-state index in [1.165, 1.54) is 26.0 Å². The summed E-state index contributed by atoms with van der Waals surface area (Å²) < 4.78 is 28.0. The molecule has 23 heavy (non-hydrogen) atoms. The first-order chi connectivity index (χ1) is 10.5. The number of rotatable bonds is 8. The van der Waals surface area contributed by atoms with Crippen LogP contribution in [-0.4, -0.2) is 43.8 Å². The molecule has 0 bridgehead atoms. The first-order valence-corrected chi connectivity index (χ1v) is 8.89. The van der Waals surface area contributed by atoms with Gasteiger partial charge in [0.2, 0.25) is 5.91 Å². The summed E-state index contributed by atoms with van der Waals surface area (Å²) in [6, 6.07) is 5.99. The second kappa shape index (κ2) is 7.45. The molecule has 0 aliphatic rings. The van der Waals surface area contributed by atoms with Gasteiger partial charge >= 0.3 is 5.97 Å². The van der Waals surface area contributed by atoms with Gasteiger partial charge in [0.15, 0.2) is 9.84 Å². The molecule has 0 unspecified atom stereocenters. The summed E-state index contributed by atoms with van der Waals surface area (Å²) in [4.78, 5) is 22.7. The molecule has 2 N–H and O–H groups in total. The molecule has 1 aromatic rings. The van der Waals surface area contributed by atoms with Crippen molar-refractivity contribution in [3.05, 3.63) is 24.3 Å². The van der Waals surface area contributed by atoms with Crippen molar-refractivity contribution in [3.8, 4) is 5.75 Å². The predicted octanol–water partition coefficient (Wildman–Crippen LogP) is 1.23. The zero-order valence-electron chi connectivity index (χ0n) is 13.3. The fraction of sp³-hybridized carbons (Fsp3) is 0.467. The molecule has 128 valence electrons. The molecule has 0 saturated carbocycles. The summed E-state index contributed by atoms with van der Waals surface area (Å²) in [6.45, 7) is 3.08. The van der Waals surface area contributed by atoms with Gasteiger partial charge in [-0.1, -0.05) is 0 Å². The van der Waals surface area contributed by atoms with Crippen LogP contribution in [0.1, 0.15) is 26.7 Å². The molecule has 0 spiro atoms. The van der Waals surface area contributed by atoms with Crippen LogP contribution in [0.2, 0.25) is 0 Å². The van der Waals surface area contributed by atoms with Crippen molar-refractivity contribution >= 4 is 21.7 Å². The van der Waals surface area contributed by atoms with Gasteiger partial charge in [-0.3, -0.25) is 4.79 Å². The minimum atomic E-state index is -3.24. The van der Waals surface area contributed by atoms with Gasteiger partial charge in [0.1, 0.15) is 11.3 Å². The zero-order valence-corrected chi connectivity index (χ0v) is 14.1. The largest absolute Gasteiger partial charge is 0.494 e. The normalized spacial score (nSPS) is 11.8. The lowest BCUT2D eigenvalue weighted by atomic mass is 10.1. The van der Waals surface area contributed by atoms with Crippen molar-refractivity contribution in [1.82, 2.24) is 5.32 Å². The molecule has 1 amide bonds. The van der Waals surface area contributed by atoms with Crippen molar-refractivity contribution in [1.29, 1.82) is 0 Å². The Bertz CT molecular complexity index is 664. The Kier molecular flexibility index (Phi) is 6.14. The van der Waals surface area contributed by atoms with E-state index in [0.29, 0.717) is 12.2 Å². The number of sulfone groups is 1. The van der Waals surface area contributed by atoms with Gasteiger partial charge in [-0.25, -0.2) is 13.2 Å². The zero-order chi connectivity index (χ0) is 17.7. The maximum absolute atomic E-state index is 11.6. The molecular formula is C15H21NO6S. The fourth-order valence-electron chi connectivity index (χ4n) is 1.67. The summed E-state index contributed by atoms with van der Waals surface area (Å²) in [5.74, 6) is -0.967. The molecule has 8 heteroatoms. The molecule has 0 atom stereocenters. The van der Waals surface area contributed by atoms with E-state index in [1.54, 1.807) is 12.1 Å². The van der Waals surface area contributed by atoms with E-state index in [-0.39, 0.29) is 23.8 Å². The number of hydrogen-bond acceptors (Lipinski definition) is 5. The number of carboxylic acids is 1. The molecule has 1 aromatic carbocycles. The standard InChI is InChI=1S/C15H21NO6S/c1-15(2,14(18)19)16-13(17)5-4-10-22-11-6-8-12(9-7-11)23(3,20)21/h6-9H,4-5,10H2,1-3H3,(H,16,17)(H,18,19). The summed E-state index contributed by atoms with van der Waals surface area (Å²) >= 11 is 0. The van der Waals surface area contributed by atoms with E-state index in [9.17, 15) is 18.0 Å². The molecule has 0 heterocycles. The first kappa shape index (κ1) is 19.0. The third kappa shape index (κ3) is 6.27. The third-order valence-corrected chi connectivity index (χ3v) is 4.18. The average molecular weight is 343 g/mol. The number of nitrogens with one attached hydrogen (secondary N) is 1. The molecule has 0 fully saturated rings. The van der Waals surface area contributed by atoms with Crippen LogP contribution in [0.5, 0.6) is 5.75 Å². The van der Waals surface area contributed by atoms with E-state index >= 15 is 0 Å². The molecule has 7 nitrogen and oxygen atoms in total. The quantitative estimate of drug-likeness (QED) is 0.687. The number of aliphatic carboxylic acids is 1. The van der Waals surface area contributed by atoms with Crippen LogP contribution in [0.15, 0.2) is 29.2 Å². The second-order valence-corrected chi connectivity index (χ2v) is 7.69. The number of benzene rings is 1. The first-order valence-electron chi connectivity index (χ1n) is 7.00. The summed E-state index contributed by atoms with van der Waals surface area (Å²) in [5.41, 5.74) is -1.31. The number of carbonyl (C=O) groups excluding carboxylic acids is 1. The van der Waals surface area contributed by atoms with Gasteiger partial charge in [-0.2, -0.15) is 0 Å². The Morgan fingerprint density at radius 2 is 1.78 bits per heavy atom. The fourth-order valence-corrected chi connectivity index (χ4v) is 2.30. The molecule has 0 aliphatic carbocycles. The monoisotopic (exact) mass is 343 g/mol. The Hall–Kier alpha value is -2.09. The number of ether oxygens (including phenoxy) is 1. The Morgan fingerprint density at radius 3 is 2.26 bits per heavy atom. The van der Waals surface area contributed by atoms with Crippen molar-refractivity contribution in [2.45, 2.75) is 37.1 Å². The van der Waals surface area contributed by atoms with Gasteiger partial charge in [-0.15, -0.1) is 0 Å². The minimum absolute atomic E-state index is 0.137. The van der Waals surface area contributed by atoms with Crippen LogP contribution >= 0.6 is 0 Å². The van der Waals surface area contributed by atoms with Crippen LogP contribution in [0, 0.1) is 0 Å². The summed E-state index contributed by atoms with van der Waals surface area (Å²) in [5, 5.41) is 11.3. The van der Waals surface area contributed by atoms with Crippen LogP contribution < -0.4 is 10.1 Å². The lowest BCUT2D eigenvalue weighted by Crippen LogP contribution is -2.49. The summed E-state index contributed by atoms with van der Waals surface area (Å²) in [7, 11) is -3.24. The molecule has 0 radical (unpaired) electrons. The lowest BCUT2D eigenvalue weighted by Gasteiger charge is -2.20. The highest BCUT2D eigenvalue weighted by molar-refractivity contribution is 7.90. The van der Waals surface area contributed by atoms with Gasteiger partial charge in [0.05, 0.1) is 11.5 Å². The van der Waals surface area contributed by atoms with Crippen LogP contribution in [0.4, 0.5) is 0 Å². The highest BCUT2D eigenvalue weighted by Gasteiger charge is 2.28. The third-order valence-electron chi connectivity index (χ3n) is 3.06. The highest BCUT2D eigenvalue weighted by Crippen LogP contribution is 2.16. The van der Waals surface area contributed by atoms with E-state index in [0.717, 1.165) is 6.26 Å². The Labute approximate surface area is 135 Å². The Balaban J connectivity index is 2.38. The predicted molar refractivity (Wildman–Crippen MR) is 84.1 cm³/mol. The van der Waals surface area contributed by atoms with Crippen LogP contribution in [0.3, 0.4) is 0 Å². The maximum atomic E-state index is 11.6. The van der Waals surface area contributed by atoms with E-state index in [4.69, 9.17) is 9.84 Å². The van der Waals surface area contributed by atoms with Gasteiger partial charge in [0.25, 0.3) is 0 Å². The smallest absolute Gasteiger partial charge is 0.328 e. The van der Waals surface area contributed by atoms with Gasteiger partial charge in [0, 0.05) is 12.7 Å². The van der Waals surface area contributed by atoms with E-state index in [1.807, 2.05) is 0 Å². The molecule has 1 rings (SSSR count). The van der Waals surface area contributed by atoms with Crippen molar-refractivity contribution in [2.24, 2.45) is 0 Å². The second-order valence-electron chi connectivity index (χ2n) is 5.67. The number of carboxylic acid groups (broad SMARTS) is 1. The van der Waals surface area contributed by atoms with Crippen LogP contribution in [-0.2, 0) is 19.4 Å². The number of carbonyl (C=O) groups is 2. The van der Waals surface area contributed by atoms with E-state index in [2.05, 4.69) is 5.32 Å². The topological polar surface area (TPSA) is 110 Å². The molecule has 0 aliphatic heterocycles. The number of amides is 1. The summed E-state index contributed by atoms with van der Waals surface area (Å²) in [6.07, 6.45) is 1.67. The highest BCUT2D eigenvalue weighted by atomic mass is 32.2. The van der Waals surface area contributed by atoms with E-state index < -0.39 is 21.3 Å². The van der Waals surface area contributed by atoms with Crippen molar-refractivity contribution < 1.29 is 27.9 Å². The SMILES string of the molecule is CC(C)(NC(=O)CCCOc1ccc(S(C)(=O)=O)cc1)C(=O)O. The van der Waals surface area contributed by atoms with Gasteiger partial charge in [-0.05, 0) is 44.5 Å². The maximum Gasteiger partial charge on any atom is 0.328 e. The van der Waals surface area contributed by atoms with Crippen molar-refractivity contribution in [2.75, 3.05) is 12.9 Å². The minimum Gasteiger partial charge on any atom is -0.494 e. The molecule has 0 aromatic heterocycles. The van der Waals surface area contributed by atoms with Crippen LogP contribution in [0.25, 0.3) is 0 Å². The molecule has 0 saturated heterocycles. The average Bonchev–Trinajstić information content (AvgIpc) is 2.42. The Morgan fingerprint density at radius 1 is 1.22 bits per heavy atom. The lowest BCUT2D eigenvalue weighted by molar-refractivity contribution is -0.146. The number of hydrogen-bond donors (Lipinski definition) is 2. The van der Waals surface area contributed by atoms with Crippen molar-refractivity contribution in [3.63, 3.8) is 0 Å². The molecular weight excluding hydrogens is 322 g/mol.